The average molecular weight is 327 g/mol. The molecule has 1 atom stereocenters. The Morgan fingerprint density at radius 3 is 2.46 bits per heavy atom. The number of nitrogens with zero attached hydrogens (tertiary/aromatic N) is 3. The van der Waals surface area contributed by atoms with Crippen LogP contribution >= 0.6 is 0 Å². The second-order valence-electron chi connectivity index (χ2n) is 5.94. The number of likely N-dealkylation sites (N-methyl/N-ethyl adjacent to an activating group) is 1. The van der Waals surface area contributed by atoms with E-state index >= 15 is 0 Å². The molecule has 0 saturated heterocycles. The lowest BCUT2D eigenvalue weighted by molar-refractivity contribution is -0.121. The first-order valence-electron chi connectivity index (χ1n) is 8.07. The molecule has 2 aromatic rings. The first kappa shape index (κ1) is 17.9. The first-order valence-corrected chi connectivity index (χ1v) is 8.07. The summed E-state index contributed by atoms with van der Waals surface area (Å²) < 4.78 is 0. The van der Waals surface area contributed by atoms with Crippen LogP contribution in [0, 0.1) is 6.92 Å². The van der Waals surface area contributed by atoms with E-state index in [2.05, 4.69) is 56.7 Å². The van der Waals surface area contributed by atoms with E-state index in [4.69, 9.17) is 0 Å². The summed E-state index contributed by atoms with van der Waals surface area (Å²) in [6.45, 7) is 3.16. The van der Waals surface area contributed by atoms with E-state index in [9.17, 15) is 4.79 Å². The molecule has 0 spiro atoms. The lowest BCUT2D eigenvalue weighted by Gasteiger charge is -2.25. The molecule has 2 rings (SSSR count). The van der Waals surface area contributed by atoms with Crippen molar-refractivity contribution in [3.05, 3.63) is 53.9 Å². The summed E-state index contributed by atoms with van der Waals surface area (Å²) in [5, 5.41) is 6.03. The van der Waals surface area contributed by atoms with Crippen molar-refractivity contribution < 1.29 is 4.79 Å². The Morgan fingerprint density at radius 2 is 1.83 bits per heavy atom. The molecule has 1 aromatic carbocycles. The number of hydrogen-bond acceptors (Lipinski definition) is 5. The molecule has 1 unspecified atom stereocenters. The molecule has 0 aliphatic heterocycles. The van der Waals surface area contributed by atoms with Gasteiger partial charge in [-0.15, -0.1) is 0 Å². The van der Waals surface area contributed by atoms with Crippen LogP contribution in [-0.4, -0.2) is 48.0 Å². The zero-order chi connectivity index (χ0) is 17.4. The predicted molar refractivity (Wildman–Crippen MR) is 95.8 cm³/mol. The van der Waals surface area contributed by atoms with E-state index in [1.54, 1.807) is 18.5 Å². The van der Waals surface area contributed by atoms with Crippen molar-refractivity contribution in [2.45, 2.75) is 19.4 Å². The molecule has 24 heavy (non-hydrogen) atoms. The van der Waals surface area contributed by atoms with E-state index in [-0.39, 0.29) is 11.9 Å². The summed E-state index contributed by atoms with van der Waals surface area (Å²) in [4.78, 5) is 22.3. The molecule has 0 aliphatic carbocycles. The molecule has 0 saturated carbocycles. The van der Waals surface area contributed by atoms with E-state index in [0.29, 0.717) is 25.5 Å². The molecule has 2 N–H and O–H groups in total. The number of amides is 1. The maximum Gasteiger partial charge on any atom is 0.222 e. The van der Waals surface area contributed by atoms with Crippen molar-refractivity contribution in [3.63, 3.8) is 0 Å². The van der Waals surface area contributed by atoms with Gasteiger partial charge in [0.2, 0.25) is 11.9 Å². The second-order valence-corrected chi connectivity index (χ2v) is 5.94. The summed E-state index contributed by atoms with van der Waals surface area (Å²) >= 11 is 0. The van der Waals surface area contributed by atoms with Gasteiger partial charge in [0.15, 0.2) is 0 Å². The molecule has 6 heteroatoms. The fraction of sp³-hybridized carbons (Fsp3) is 0.389. The SMILES string of the molecule is Cc1ccc(C(CNC(=O)CCNc2ncccn2)N(C)C)cc1. The maximum atomic E-state index is 12.0. The maximum absolute atomic E-state index is 12.0. The lowest BCUT2D eigenvalue weighted by Crippen LogP contribution is -2.35. The van der Waals surface area contributed by atoms with Gasteiger partial charge in [0.05, 0.1) is 6.04 Å². The molecular weight excluding hydrogens is 302 g/mol. The highest BCUT2D eigenvalue weighted by atomic mass is 16.1. The zero-order valence-corrected chi connectivity index (χ0v) is 14.5. The Labute approximate surface area is 143 Å². The molecule has 0 aliphatic rings. The van der Waals surface area contributed by atoms with Crippen LogP contribution < -0.4 is 10.6 Å². The Balaban J connectivity index is 1.79. The highest BCUT2D eigenvalue weighted by molar-refractivity contribution is 5.76. The van der Waals surface area contributed by atoms with Crippen LogP contribution in [0.15, 0.2) is 42.7 Å². The van der Waals surface area contributed by atoms with E-state index in [1.807, 2.05) is 14.1 Å². The largest absolute Gasteiger partial charge is 0.354 e. The molecule has 1 amide bonds. The van der Waals surface area contributed by atoms with Gasteiger partial charge in [-0.05, 0) is 32.6 Å². The molecule has 128 valence electrons. The third kappa shape index (κ3) is 5.62. The van der Waals surface area contributed by atoms with Crippen LogP contribution in [-0.2, 0) is 4.79 Å². The molecule has 0 bridgehead atoms. The number of carbonyl (C=O) groups is 1. The van der Waals surface area contributed by atoms with Crippen molar-refractivity contribution in [1.82, 2.24) is 20.2 Å². The average Bonchev–Trinajstić information content (AvgIpc) is 2.57. The van der Waals surface area contributed by atoms with Crippen LogP contribution in [0.5, 0.6) is 0 Å². The topological polar surface area (TPSA) is 70.1 Å². The summed E-state index contributed by atoms with van der Waals surface area (Å²) in [6, 6.07) is 10.3. The van der Waals surface area contributed by atoms with Crippen LogP contribution in [0.4, 0.5) is 5.95 Å². The Bertz CT molecular complexity index is 628. The van der Waals surface area contributed by atoms with Crippen LogP contribution in [0.3, 0.4) is 0 Å². The van der Waals surface area contributed by atoms with Gasteiger partial charge in [-0.2, -0.15) is 0 Å². The molecule has 1 heterocycles. The van der Waals surface area contributed by atoms with Gasteiger partial charge in [-0.3, -0.25) is 4.79 Å². The molecule has 1 aromatic heterocycles. The van der Waals surface area contributed by atoms with E-state index in [1.165, 1.54) is 11.1 Å². The van der Waals surface area contributed by atoms with Gasteiger partial charge in [0, 0.05) is 31.9 Å². The summed E-state index contributed by atoms with van der Waals surface area (Å²) in [7, 11) is 4.04. The Kier molecular flexibility index (Phi) is 6.69. The van der Waals surface area contributed by atoms with Gasteiger partial charge in [-0.1, -0.05) is 29.8 Å². The number of anilines is 1. The minimum absolute atomic E-state index is 0.0115. The number of benzene rings is 1. The number of aromatic nitrogens is 2. The smallest absolute Gasteiger partial charge is 0.222 e. The van der Waals surface area contributed by atoms with Gasteiger partial charge in [0.1, 0.15) is 0 Å². The number of rotatable bonds is 8. The van der Waals surface area contributed by atoms with Crippen LogP contribution in [0.1, 0.15) is 23.6 Å². The summed E-state index contributed by atoms with van der Waals surface area (Å²) in [5.74, 6) is 0.550. The van der Waals surface area contributed by atoms with Crippen LogP contribution in [0.2, 0.25) is 0 Å². The van der Waals surface area contributed by atoms with Crippen molar-refractivity contribution in [2.75, 3.05) is 32.5 Å². The number of nitrogens with one attached hydrogen (secondary N) is 2. The van der Waals surface area contributed by atoms with Crippen molar-refractivity contribution >= 4 is 11.9 Å². The predicted octanol–water partition coefficient (Wildman–Crippen LogP) is 2.01. The number of aryl methyl sites for hydroxylation is 1. The third-order valence-electron chi connectivity index (χ3n) is 3.78. The minimum atomic E-state index is 0.0115. The normalized spacial score (nSPS) is 12.0. The van der Waals surface area contributed by atoms with Crippen LogP contribution in [0.25, 0.3) is 0 Å². The summed E-state index contributed by atoms with van der Waals surface area (Å²) in [5.41, 5.74) is 2.43. The fourth-order valence-corrected chi connectivity index (χ4v) is 2.36. The van der Waals surface area contributed by atoms with Crippen molar-refractivity contribution in [2.24, 2.45) is 0 Å². The monoisotopic (exact) mass is 327 g/mol. The Hall–Kier alpha value is -2.47. The number of hydrogen-bond donors (Lipinski definition) is 2. The third-order valence-corrected chi connectivity index (χ3v) is 3.78. The van der Waals surface area contributed by atoms with Crippen molar-refractivity contribution in [3.8, 4) is 0 Å². The van der Waals surface area contributed by atoms with Gasteiger partial charge in [0.25, 0.3) is 0 Å². The highest BCUT2D eigenvalue weighted by Gasteiger charge is 2.15. The molecule has 6 nitrogen and oxygen atoms in total. The number of carbonyl (C=O) groups excluding carboxylic acids is 1. The molecular formula is C18H25N5O. The molecule has 0 fully saturated rings. The quantitative estimate of drug-likeness (QED) is 0.776. The van der Waals surface area contributed by atoms with Gasteiger partial charge in [-0.25, -0.2) is 9.97 Å². The first-order chi connectivity index (χ1) is 11.6. The second kappa shape index (κ2) is 8.98. The minimum Gasteiger partial charge on any atom is -0.354 e. The lowest BCUT2D eigenvalue weighted by atomic mass is 10.0. The van der Waals surface area contributed by atoms with Gasteiger partial charge < -0.3 is 15.5 Å². The zero-order valence-electron chi connectivity index (χ0n) is 14.5. The Morgan fingerprint density at radius 1 is 1.17 bits per heavy atom. The standard InChI is InChI=1S/C18H25N5O/c1-14-5-7-15(8-6-14)16(23(2)3)13-22-17(24)9-12-21-18-19-10-4-11-20-18/h4-8,10-11,16H,9,12-13H2,1-3H3,(H,22,24)(H,19,20,21). The van der Waals surface area contributed by atoms with E-state index in [0.717, 1.165) is 0 Å². The van der Waals surface area contributed by atoms with Gasteiger partial charge >= 0.3 is 0 Å². The van der Waals surface area contributed by atoms with Crippen molar-refractivity contribution in [1.29, 1.82) is 0 Å². The fourth-order valence-electron chi connectivity index (χ4n) is 2.36. The van der Waals surface area contributed by atoms with E-state index < -0.39 is 0 Å². The summed E-state index contributed by atoms with van der Waals surface area (Å²) in [6.07, 6.45) is 3.71. The molecule has 0 radical (unpaired) electrons. The highest BCUT2D eigenvalue weighted by Crippen LogP contribution is 2.17.